The molecule has 3 rings (SSSR count). The van der Waals surface area contributed by atoms with Gasteiger partial charge >= 0.3 is 0 Å². The molecule has 1 aliphatic rings. The second-order valence-corrected chi connectivity index (χ2v) is 8.37. The van der Waals surface area contributed by atoms with E-state index in [4.69, 9.17) is 0 Å². The average Bonchev–Trinajstić information content (AvgIpc) is 2.77. The molecule has 7 heteroatoms. The molecular formula is C25H32N4O3. The van der Waals surface area contributed by atoms with Gasteiger partial charge in [0.2, 0.25) is 11.8 Å². The van der Waals surface area contributed by atoms with Crippen molar-refractivity contribution in [2.75, 3.05) is 43.4 Å². The summed E-state index contributed by atoms with van der Waals surface area (Å²) in [6, 6.07) is 12.6. The predicted molar refractivity (Wildman–Crippen MR) is 127 cm³/mol. The molecule has 0 radical (unpaired) electrons. The van der Waals surface area contributed by atoms with Crippen molar-refractivity contribution in [3.8, 4) is 0 Å². The second-order valence-electron chi connectivity index (χ2n) is 8.37. The maximum absolute atomic E-state index is 12.8. The number of amides is 2. The summed E-state index contributed by atoms with van der Waals surface area (Å²) in [6.45, 7) is 10.5. The van der Waals surface area contributed by atoms with E-state index in [1.54, 1.807) is 24.3 Å². The van der Waals surface area contributed by atoms with Crippen LogP contribution >= 0.6 is 0 Å². The van der Waals surface area contributed by atoms with E-state index in [9.17, 15) is 14.4 Å². The highest BCUT2D eigenvalue weighted by atomic mass is 16.2. The summed E-state index contributed by atoms with van der Waals surface area (Å²) in [5.41, 5.74) is 4.13. The molecule has 0 spiro atoms. The van der Waals surface area contributed by atoms with Crippen LogP contribution in [0.2, 0.25) is 0 Å². The molecule has 1 heterocycles. The van der Waals surface area contributed by atoms with Crippen LogP contribution in [0.4, 0.5) is 11.4 Å². The van der Waals surface area contributed by atoms with Crippen molar-refractivity contribution in [1.29, 1.82) is 0 Å². The van der Waals surface area contributed by atoms with Gasteiger partial charge in [0.15, 0.2) is 5.78 Å². The number of aryl methyl sites for hydroxylation is 1. The number of para-hydroxylation sites is 1. The monoisotopic (exact) mass is 436 g/mol. The number of benzene rings is 2. The number of nitrogens with zero attached hydrogens (tertiary/aromatic N) is 2. The molecular weight excluding hydrogens is 404 g/mol. The summed E-state index contributed by atoms with van der Waals surface area (Å²) < 4.78 is 0. The summed E-state index contributed by atoms with van der Waals surface area (Å²) in [5.74, 6) is -0.250. The highest BCUT2D eigenvalue weighted by Crippen LogP contribution is 2.19. The first-order valence-electron chi connectivity index (χ1n) is 11.0. The van der Waals surface area contributed by atoms with Crippen LogP contribution in [0.25, 0.3) is 0 Å². The van der Waals surface area contributed by atoms with Gasteiger partial charge in [-0.1, -0.05) is 24.3 Å². The second kappa shape index (κ2) is 10.5. The fraction of sp³-hybridized carbons (Fsp3) is 0.400. The summed E-state index contributed by atoms with van der Waals surface area (Å²) in [6.07, 6.45) is 0. The van der Waals surface area contributed by atoms with Crippen LogP contribution in [0.3, 0.4) is 0 Å². The third-order valence-corrected chi connectivity index (χ3v) is 6.14. The van der Waals surface area contributed by atoms with Gasteiger partial charge in [0.05, 0.1) is 18.3 Å². The number of hydrogen-bond acceptors (Lipinski definition) is 5. The minimum absolute atomic E-state index is 0.0289. The Balaban J connectivity index is 1.49. The zero-order chi connectivity index (χ0) is 23.3. The van der Waals surface area contributed by atoms with Crippen LogP contribution in [0.1, 0.15) is 35.3 Å². The largest absolute Gasteiger partial charge is 0.325 e. The Morgan fingerprint density at radius 1 is 0.906 bits per heavy atom. The van der Waals surface area contributed by atoms with Gasteiger partial charge in [-0.25, -0.2) is 0 Å². The molecule has 1 atom stereocenters. The maximum atomic E-state index is 12.8. The first-order valence-corrected chi connectivity index (χ1v) is 11.0. The SMILES string of the molecule is CC(=O)c1ccccc1NC(=O)C(C)N1CCN(CC(=O)Nc2cccc(C)c2C)CC1. The van der Waals surface area contributed by atoms with Crippen LogP contribution in [0.5, 0.6) is 0 Å². The Labute approximate surface area is 189 Å². The van der Waals surface area contributed by atoms with Crippen LogP contribution in [-0.4, -0.2) is 66.2 Å². The molecule has 2 aromatic carbocycles. The molecule has 170 valence electrons. The van der Waals surface area contributed by atoms with Crippen LogP contribution in [0.15, 0.2) is 42.5 Å². The van der Waals surface area contributed by atoms with Crippen molar-refractivity contribution in [3.63, 3.8) is 0 Å². The smallest absolute Gasteiger partial charge is 0.241 e. The Morgan fingerprint density at radius 2 is 1.56 bits per heavy atom. The lowest BCUT2D eigenvalue weighted by atomic mass is 10.1. The fourth-order valence-corrected chi connectivity index (χ4v) is 3.89. The van der Waals surface area contributed by atoms with E-state index in [2.05, 4.69) is 20.4 Å². The minimum atomic E-state index is -0.332. The van der Waals surface area contributed by atoms with Crippen molar-refractivity contribution >= 4 is 29.0 Å². The molecule has 0 aromatic heterocycles. The third-order valence-electron chi connectivity index (χ3n) is 6.14. The molecule has 0 aliphatic carbocycles. The summed E-state index contributed by atoms with van der Waals surface area (Å²) in [4.78, 5) is 41.3. The van der Waals surface area contributed by atoms with E-state index in [1.807, 2.05) is 39.0 Å². The molecule has 2 amide bonds. The van der Waals surface area contributed by atoms with Crippen LogP contribution in [-0.2, 0) is 9.59 Å². The zero-order valence-corrected chi connectivity index (χ0v) is 19.3. The topological polar surface area (TPSA) is 81.8 Å². The predicted octanol–water partition coefficient (Wildman–Crippen LogP) is 3.09. The third kappa shape index (κ3) is 5.81. The zero-order valence-electron chi connectivity index (χ0n) is 19.3. The Kier molecular flexibility index (Phi) is 7.77. The number of nitrogens with one attached hydrogen (secondary N) is 2. The van der Waals surface area contributed by atoms with Gasteiger partial charge in [-0.2, -0.15) is 0 Å². The van der Waals surface area contributed by atoms with E-state index in [-0.39, 0.29) is 23.6 Å². The first kappa shape index (κ1) is 23.6. The van der Waals surface area contributed by atoms with E-state index in [0.717, 1.165) is 16.8 Å². The van der Waals surface area contributed by atoms with Crippen molar-refractivity contribution in [3.05, 3.63) is 59.2 Å². The molecule has 7 nitrogen and oxygen atoms in total. The number of ketones is 1. The van der Waals surface area contributed by atoms with E-state index in [0.29, 0.717) is 44.0 Å². The van der Waals surface area contributed by atoms with Gasteiger partial charge in [0, 0.05) is 37.4 Å². The van der Waals surface area contributed by atoms with Crippen molar-refractivity contribution < 1.29 is 14.4 Å². The summed E-state index contributed by atoms with van der Waals surface area (Å²) in [5, 5.41) is 5.90. The van der Waals surface area contributed by atoms with Gasteiger partial charge in [0.1, 0.15) is 0 Å². The van der Waals surface area contributed by atoms with Crippen molar-refractivity contribution in [2.45, 2.75) is 33.7 Å². The molecule has 2 aromatic rings. The molecule has 1 unspecified atom stereocenters. The molecule has 0 bridgehead atoms. The number of rotatable bonds is 7. The van der Waals surface area contributed by atoms with E-state index < -0.39 is 0 Å². The Bertz CT molecular complexity index is 996. The fourth-order valence-electron chi connectivity index (χ4n) is 3.89. The summed E-state index contributed by atoms with van der Waals surface area (Å²) >= 11 is 0. The maximum Gasteiger partial charge on any atom is 0.241 e. The number of hydrogen-bond donors (Lipinski definition) is 2. The number of carbonyl (C=O) groups excluding carboxylic acids is 3. The number of carbonyl (C=O) groups is 3. The van der Waals surface area contributed by atoms with Crippen LogP contribution < -0.4 is 10.6 Å². The first-order chi connectivity index (χ1) is 15.3. The lowest BCUT2D eigenvalue weighted by Crippen LogP contribution is -2.53. The van der Waals surface area contributed by atoms with Crippen molar-refractivity contribution in [1.82, 2.24) is 9.80 Å². The number of Topliss-reactive ketones (excluding diaryl/α,β-unsaturated/α-hetero) is 1. The van der Waals surface area contributed by atoms with Gasteiger partial charge < -0.3 is 10.6 Å². The minimum Gasteiger partial charge on any atom is -0.325 e. The van der Waals surface area contributed by atoms with Gasteiger partial charge in [-0.3, -0.25) is 24.2 Å². The number of piperazine rings is 1. The number of anilines is 2. The van der Waals surface area contributed by atoms with Crippen molar-refractivity contribution in [2.24, 2.45) is 0 Å². The molecule has 1 aliphatic heterocycles. The normalized spacial score (nSPS) is 15.8. The van der Waals surface area contributed by atoms with Crippen LogP contribution in [0, 0.1) is 13.8 Å². The quantitative estimate of drug-likeness (QED) is 0.652. The highest BCUT2D eigenvalue weighted by Gasteiger charge is 2.27. The average molecular weight is 437 g/mol. The molecule has 1 saturated heterocycles. The lowest BCUT2D eigenvalue weighted by Gasteiger charge is -2.37. The molecule has 32 heavy (non-hydrogen) atoms. The van der Waals surface area contributed by atoms with Gasteiger partial charge in [-0.15, -0.1) is 0 Å². The summed E-state index contributed by atoms with van der Waals surface area (Å²) in [7, 11) is 0. The van der Waals surface area contributed by atoms with E-state index >= 15 is 0 Å². The standard InChI is InChI=1S/C25H32N4O3/c1-17-8-7-11-22(18(17)2)26-24(31)16-28-12-14-29(15-13-28)19(3)25(32)27-23-10-6-5-9-21(23)20(4)30/h5-11,19H,12-16H2,1-4H3,(H,26,31)(H,27,32). The molecule has 1 fully saturated rings. The van der Waals surface area contributed by atoms with E-state index in [1.165, 1.54) is 6.92 Å². The van der Waals surface area contributed by atoms with Gasteiger partial charge in [-0.05, 0) is 57.0 Å². The highest BCUT2D eigenvalue weighted by molar-refractivity contribution is 6.04. The molecule has 0 saturated carbocycles. The lowest BCUT2D eigenvalue weighted by molar-refractivity contribution is -0.122. The van der Waals surface area contributed by atoms with Gasteiger partial charge in [0.25, 0.3) is 0 Å². The Morgan fingerprint density at radius 3 is 2.25 bits per heavy atom. The molecule has 2 N–H and O–H groups in total. The Hall–Kier alpha value is -3.03.